The van der Waals surface area contributed by atoms with Crippen molar-refractivity contribution in [1.29, 1.82) is 0 Å². The predicted octanol–water partition coefficient (Wildman–Crippen LogP) is 3.72. The number of amides is 1. The van der Waals surface area contributed by atoms with Crippen molar-refractivity contribution < 1.29 is 23.8 Å². The number of para-hydroxylation sites is 1. The van der Waals surface area contributed by atoms with Gasteiger partial charge in [-0.05, 0) is 48.7 Å². The molecule has 4 aromatic rings. The van der Waals surface area contributed by atoms with E-state index in [2.05, 4.69) is 27.1 Å². The van der Waals surface area contributed by atoms with Crippen LogP contribution in [0.15, 0.2) is 54.6 Å². The number of hydrogen-bond acceptors (Lipinski definition) is 4. The zero-order valence-electron chi connectivity index (χ0n) is 17.5. The van der Waals surface area contributed by atoms with Crippen molar-refractivity contribution in [1.82, 2.24) is 15.3 Å². The molecule has 0 bridgehead atoms. The second kappa shape index (κ2) is 9.10. The Morgan fingerprint density at radius 2 is 1.97 bits per heavy atom. The Hall–Kier alpha value is -4.22. The number of aromatic hydroxyl groups is 1. The van der Waals surface area contributed by atoms with Crippen LogP contribution in [0, 0.1) is 30.4 Å². The van der Waals surface area contributed by atoms with Gasteiger partial charge in [0.2, 0.25) is 0 Å². The van der Waals surface area contributed by atoms with Crippen molar-refractivity contribution in [2.75, 3.05) is 6.61 Å². The van der Waals surface area contributed by atoms with E-state index in [9.17, 15) is 18.7 Å². The van der Waals surface area contributed by atoms with Gasteiger partial charge in [0.05, 0.1) is 17.3 Å². The minimum Gasteiger partial charge on any atom is -0.508 e. The molecule has 0 radical (unpaired) electrons. The molecule has 6 nitrogen and oxygen atoms in total. The summed E-state index contributed by atoms with van der Waals surface area (Å²) >= 11 is 0. The van der Waals surface area contributed by atoms with E-state index >= 15 is 0 Å². The van der Waals surface area contributed by atoms with Crippen LogP contribution in [0.1, 0.15) is 39.0 Å². The second-order valence-corrected chi connectivity index (χ2v) is 7.34. The Bertz CT molecular complexity index is 1390. The van der Waals surface area contributed by atoms with Crippen molar-refractivity contribution in [2.24, 2.45) is 0 Å². The van der Waals surface area contributed by atoms with Crippen LogP contribution in [0.25, 0.3) is 10.9 Å². The van der Waals surface area contributed by atoms with Gasteiger partial charge in [-0.15, -0.1) is 0 Å². The highest BCUT2D eigenvalue weighted by Gasteiger charge is 2.24. The number of aromatic nitrogens is 2. The average Bonchev–Trinajstić information content (AvgIpc) is 3.24. The lowest BCUT2D eigenvalue weighted by Crippen LogP contribution is -2.30. The topological polar surface area (TPSA) is 98.2 Å². The van der Waals surface area contributed by atoms with Gasteiger partial charge >= 0.3 is 0 Å². The molecule has 4 N–H and O–H groups in total. The Morgan fingerprint density at radius 3 is 2.73 bits per heavy atom. The summed E-state index contributed by atoms with van der Waals surface area (Å²) in [6.45, 7) is 0.924. The van der Waals surface area contributed by atoms with E-state index in [0.29, 0.717) is 5.69 Å². The third kappa shape index (κ3) is 4.54. The third-order valence-corrected chi connectivity index (χ3v) is 5.10. The monoisotopic (exact) mass is 447 g/mol. The predicted molar refractivity (Wildman–Crippen MR) is 119 cm³/mol. The molecular formula is C25H19F2N3O3. The number of halogens is 2. The summed E-state index contributed by atoms with van der Waals surface area (Å²) in [6, 6.07) is 12.9. The number of rotatable bonds is 4. The fourth-order valence-electron chi connectivity index (χ4n) is 3.54. The minimum absolute atomic E-state index is 0.0411. The molecule has 0 aliphatic heterocycles. The first-order chi connectivity index (χ1) is 15.9. The Morgan fingerprint density at radius 1 is 1.18 bits per heavy atom. The van der Waals surface area contributed by atoms with Crippen molar-refractivity contribution in [3.63, 3.8) is 0 Å². The lowest BCUT2D eigenvalue weighted by atomic mass is 10.0. The first-order valence-electron chi connectivity index (χ1n) is 10.0. The first kappa shape index (κ1) is 22.0. The normalized spacial score (nSPS) is 11.6. The first-order valence-corrected chi connectivity index (χ1v) is 10.0. The number of nitrogens with one attached hydrogen (secondary N) is 2. The van der Waals surface area contributed by atoms with Crippen molar-refractivity contribution in [3.8, 4) is 17.6 Å². The summed E-state index contributed by atoms with van der Waals surface area (Å²) in [5.41, 5.74) is 1.19. The number of H-pyrrole nitrogens is 1. The molecule has 0 saturated heterocycles. The highest BCUT2D eigenvalue weighted by Crippen LogP contribution is 2.32. The molecular weight excluding hydrogens is 428 g/mol. The maximum absolute atomic E-state index is 14.3. The molecule has 0 spiro atoms. The number of nitrogens with zero attached hydrogens (tertiary/aromatic N) is 1. The standard InChI is InChI=1S/C25H19F2N3O3/c1-14-23(27)16(6-4-10-31)12-21(28-14)25(33)30-24(18-13-17(26)8-9-22(18)32)20-11-15-5-2-3-7-19(15)29-20/h2-3,5,7-9,11-13,24,29,31-32H,10H2,1H3,(H,30,33). The Labute approximate surface area is 187 Å². The molecule has 8 heteroatoms. The molecule has 2 aromatic heterocycles. The molecule has 0 aliphatic rings. The molecule has 1 unspecified atom stereocenters. The van der Waals surface area contributed by atoms with Gasteiger partial charge < -0.3 is 20.5 Å². The van der Waals surface area contributed by atoms with Crippen LogP contribution >= 0.6 is 0 Å². The molecule has 2 heterocycles. The summed E-state index contributed by atoms with van der Waals surface area (Å²) in [7, 11) is 0. The van der Waals surface area contributed by atoms with Crippen LogP contribution < -0.4 is 5.32 Å². The van der Waals surface area contributed by atoms with E-state index < -0.39 is 30.2 Å². The zero-order chi connectivity index (χ0) is 23.5. The molecule has 166 valence electrons. The van der Waals surface area contributed by atoms with Gasteiger partial charge in [-0.25, -0.2) is 13.8 Å². The van der Waals surface area contributed by atoms with Crippen LogP contribution in [0.5, 0.6) is 5.75 Å². The molecule has 2 aromatic carbocycles. The zero-order valence-corrected chi connectivity index (χ0v) is 17.5. The van der Waals surface area contributed by atoms with Gasteiger partial charge in [-0.1, -0.05) is 30.0 Å². The Balaban J connectivity index is 1.78. The van der Waals surface area contributed by atoms with Crippen molar-refractivity contribution in [2.45, 2.75) is 13.0 Å². The van der Waals surface area contributed by atoms with E-state index in [-0.39, 0.29) is 28.3 Å². The van der Waals surface area contributed by atoms with E-state index in [0.717, 1.165) is 23.0 Å². The van der Waals surface area contributed by atoms with Crippen molar-refractivity contribution >= 4 is 16.8 Å². The number of aliphatic hydroxyl groups is 1. The van der Waals surface area contributed by atoms with Crippen LogP contribution in [0.4, 0.5) is 8.78 Å². The number of pyridine rings is 1. The minimum atomic E-state index is -0.959. The highest BCUT2D eigenvalue weighted by molar-refractivity contribution is 5.93. The van der Waals surface area contributed by atoms with Gasteiger partial charge in [0.15, 0.2) is 5.82 Å². The maximum Gasteiger partial charge on any atom is 0.270 e. The highest BCUT2D eigenvalue weighted by atomic mass is 19.1. The van der Waals surface area contributed by atoms with Gasteiger partial charge in [0, 0.05) is 16.8 Å². The summed E-state index contributed by atoms with van der Waals surface area (Å²) < 4.78 is 28.4. The smallest absolute Gasteiger partial charge is 0.270 e. The second-order valence-electron chi connectivity index (χ2n) is 7.34. The number of fused-ring (bicyclic) bond motifs is 1. The number of aromatic amines is 1. The molecule has 33 heavy (non-hydrogen) atoms. The number of carbonyl (C=O) groups is 1. The maximum atomic E-state index is 14.3. The lowest BCUT2D eigenvalue weighted by molar-refractivity contribution is 0.0936. The fourth-order valence-corrected chi connectivity index (χ4v) is 3.54. The number of aryl methyl sites for hydroxylation is 1. The van der Waals surface area contributed by atoms with E-state index in [4.69, 9.17) is 5.11 Å². The van der Waals surface area contributed by atoms with Crippen molar-refractivity contribution in [3.05, 3.63) is 94.4 Å². The summed E-state index contributed by atoms with van der Waals surface area (Å²) in [5.74, 6) is 2.63. The van der Waals surface area contributed by atoms with Crippen LogP contribution in [-0.2, 0) is 0 Å². The summed E-state index contributed by atoms with van der Waals surface area (Å²) in [5, 5.41) is 22.9. The number of phenolic OH excluding ortho intramolecular Hbond substituents is 1. The molecule has 4 rings (SSSR count). The average molecular weight is 447 g/mol. The number of phenols is 1. The van der Waals surface area contributed by atoms with E-state index in [1.807, 2.05) is 24.3 Å². The largest absolute Gasteiger partial charge is 0.508 e. The molecule has 0 saturated carbocycles. The summed E-state index contributed by atoms with van der Waals surface area (Å²) in [4.78, 5) is 20.3. The lowest BCUT2D eigenvalue weighted by Gasteiger charge is -2.19. The van der Waals surface area contributed by atoms with E-state index in [1.165, 1.54) is 19.1 Å². The van der Waals surface area contributed by atoms with Gasteiger partial charge in [-0.2, -0.15) is 0 Å². The SMILES string of the molecule is Cc1nc(C(=O)NC(c2cc3ccccc3[nH]2)c2cc(F)ccc2O)cc(C#CCO)c1F. The third-order valence-electron chi connectivity index (χ3n) is 5.10. The van der Waals surface area contributed by atoms with Gasteiger partial charge in [-0.3, -0.25) is 4.79 Å². The molecule has 1 amide bonds. The molecule has 0 fully saturated rings. The number of aliphatic hydroxyl groups excluding tert-OH is 1. The van der Waals surface area contributed by atoms with Crippen LogP contribution in [-0.4, -0.2) is 32.7 Å². The summed E-state index contributed by atoms with van der Waals surface area (Å²) in [6.07, 6.45) is 0. The number of carbonyl (C=O) groups excluding carboxylic acids is 1. The van der Waals surface area contributed by atoms with E-state index in [1.54, 1.807) is 6.07 Å². The number of hydrogen-bond donors (Lipinski definition) is 4. The molecule has 1 atom stereocenters. The molecule has 0 aliphatic carbocycles. The fraction of sp³-hybridized carbons (Fsp3) is 0.120. The quantitative estimate of drug-likeness (QED) is 0.359. The van der Waals surface area contributed by atoms with Crippen LogP contribution in [0.2, 0.25) is 0 Å². The Kier molecular flexibility index (Phi) is 6.07. The van der Waals surface area contributed by atoms with Gasteiger partial charge in [0.1, 0.15) is 23.9 Å². The van der Waals surface area contributed by atoms with Gasteiger partial charge in [0.25, 0.3) is 5.91 Å². The van der Waals surface area contributed by atoms with Crippen LogP contribution in [0.3, 0.4) is 0 Å². The number of benzene rings is 2.